The van der Waals surface area contributed by atoms with Gasteiger partial charge in [0.25, 0.3) is 5.91 Å². The van der Waals surface area contributed by atoms with Crippen LogP contribution in [0.3, 0.4) is 0 Å². The number of halogens is 7. The van der Waals surface area contributed by atoms with Gasteiger partial charge < -0.3 is 5.32 Å². The highest BCUT2D eigenvalue weighted by atomic mass is 19.4. The lowest BCUT2D eigenvalue weighted by molar-refractivity contribution is -0.344. The number of hydrogen-bond donors (Lipinski definition) is 1. The summed E-state index contributed by atoms with van der Waals surface area (Å²) in [6, 6.07) is 15.8. The molecule has 3 aliphatic carbocycles. The molecular formula is C23H20F7NO. The molecule has 0 radical (unpaired) electrons. The minimum Gasteiger partial charge on any atom is -0.351 e. The number of fused-ring (bicyclic) bond motifs is 1. The minimum atomic E-state index is -6.54. The van der Waals surface area contributed by atoms with Crippen LogP contribution in [-0.2, 0) is 10.2 Å². The van der Waals surface area contributed by atoms with E-state index in [0.717, 1.165) is 24.0 Å². The number of rotatable bonds is 6. The zero-order valence-corrected chi connectivity index (χ0v) is 16.8. The monoisotopic (exact) mass is 459 g/mol. The Morgan fingerprint density at radius 2 is 1.44 bits per heavy atom. The molecule has 0 saturated heterocycles. The molecule has 2 nitrogen and oxygen atoms in total. The van der Waals surface area contributed by atoms with Crippen LogP contribution in [0.1, 0.15) is 53.9 Å². The van der Waals surface area contributed by atoms with Crippen molar-refractivity contribution in [2.75, 3.05) is 6.54 Å². The molecule has 0 heterocycles. The van der Waals surface area contributed by atoms with Gasteiger partial charge in [0.1, 0.15) is 0 Å². The van der Waals surface area contributed by atoms with Crippen molar-refractivity contribution in [1.29, 1.82) is 0 Å². The van der Waals surface area contributed by atoms with Crippen LogP contribution in [0.25, 0.3) is 0 Å². The van der Waals surface area contributed by atoms with Crippen LogP contribution < -0.4 is 5.32 Å². The van der Waals surface area contributed by atoms with E-state index in [2.05, 4.69) is 0 Å². The molecule has 0 aliphatic heterocycles. The van der Waals surface area contributed by atoms with E-state index in [4.69, 9.17) is 0 Å². The smallest absolute Gasteiger partial charge is 0.351 e. The van der Waals surface area contributed by atoms with Crippen molar-refractivity contribution in [3.05, 3.63) is 70.8 Å². The molecule has 0 atom stereocenters. The normalized spacial score (nSPS) is 22.3. The van der Waals surface area contributed by atoms with Crippen LogP contribution in [0.4, 0.5) is 30.7 Å². The van der Waals surface area contributed by atoms with E-state index < -0.39 is 35.9 Å². The fraction of sp³-hybridized carbons (Fsp3) is 0.435. The molecule has 2 bridgehead atoms. The summed E-state index contributed by atoms with van der Waals surface area (Å²) in [5.74, 6) is -14.7. The van der Waals surface area contributed by atoms with Crippen molar-refractivity contribution in [3.8, 4) is 0 Å². The first-order valence-electron chi connectivity index (χ1n) is 10.2. The van der Waals surface area contributed by atoms with Crippen molar-refractivity contribution < 1.29 is 35.5 Å². The molecule has 3 aliphatic rings. The zero-order valence-electron chi connectivity index (χ0n) is 16.8. The number of carbonyl (C=O) groups excluding carboxylic acids is 1. The van der Waals surface area contributed by atoms with Gasteiger partial charge in [0, 0.05) is 17.9 Å². The van der Waals surface area contributed by atoms with Crippen LogP contribution >= 0.6 is 0 Å². The van der Waals surface area contributed by atoms with Crippen LogP contribution in [0.5, 0.6) is 0 Å². The Labute approximate surface area is 179 Å². The zero-order chi connectivity index (χ0) is 23.4. The Morgan fingerprint density at radius 3 is 1.97 bits per heavy atom. The standard InChI is InChI=1S/C23H20F7NO/c24-21(25,22(26,27)23(28,29)30)19(32)31-13-5-11-20-12-10-14(15-6-1-3-8-17(15)20)16-7-2-4-9-18(16)20/h1-4,6-9,14H,5,10-13H2,(H,31,32). The predicted octanol–water partition coefficient (Wildman–Crippen LogP) is 5.94. The lowest BCUT2D eigenvalue weighted by Gasteiger charge is -2.50. The maximum atomic E-state index is 13.5. The van der Waals surface area contributed by atoms with Crippen LogP contribution in [-0.4, -0.2) is 30.5 Å². The van der Waals surface area contributed by atoms with Crippen molar-refractivity contribution in [2.24, 2.45) is 0 Å². The molecule has 1 N–H and O–H groups in total. The number of nitrogens with one attached hydrogen (secondary N) is 1. The molecule has 0 unspecified atom stereocenters. The molecule has 1 amide bonds. The first-order valence-corrected chi connectivity index (χ1v) is 10.2. The van der Waals surface area contributed by atoms with E-state index in [9.17, 15) is 35.5 Å². The van der Waals surface area contributed by atoms with Gasteiger partial charge in [-0.1, -0.05) is 48.5 Å². The topological polar surface area (TPSA) is 29.1 Å². The Hall–Kier alpha value is -2.58. The Kier molecular flexibility index (Phi) is 5.29. The first-order chi connectivity index (χ1) is 14.9. The van der Waals surface area contributed by atoms with Gasteiger partial charge in [-0.25, -0.2) is 0 Å². The summed E-state index contributed by atoms with van der Waals surface area (Å²) >= 11 is 0. The van der Waals surface area contributed by atoms with Crippen molar-refractivity contribution in [1.82, 2.24) is 5.32 Å². The number of alkyl halides is 7. The summed E-state index contributed by atoms with van der Waals surface area (Å²) < 4.78 is 90.1. The van der Waals surface area contributed by atoms with Gasteiger partial charge in [-0.2, -0.15) is 30.7 Å². The largest absolute Gasteiger partial charge is 0.460 e. The number of hydrogen-bond acceptors (Lipinski definition) is 1. The van der Waals surface area contributed by atoms with E-state index in [0.29, 0.717) is 6.42 Å². The Balaban J connectivity index is 1.50. The lowest BCUT2D eigenvalue weighted by Crippen LogP contribution is -2.59. The highest BCUT2D eigenvalue weighted by Gasteiger charge is 2.76. The van der Waals surface area contributed by atoms with Gasteiger partial charge in [-0.05, 0) is 47.9 Å². The first kappa shape index (κ1) is 22.6. The fourth-order valence-corrected chi connectivity index (χ4v) is 5.18. The molecule has 0 saturated carbocycles. The van der Waals surface area contributed by atoms with Crippen LogP contribution in [0.15, 0.2) is 48.5 Å². The van der Waals surface area contributed by atoms with E-state index in [1.54, 1.807) is 5.32 Å². The Bertz CT molecular complexity index is 984. The quantitative estimate of drug-likeness (QED) is 0.420. The van der Waals surface area contributed by atoms with Crippen LogP contribution in [0, 0.1) is 0 Å². The highest BCUT2D eigenvalue weighted by Crippen LogP contribution is 2.58. The van der Waals surface area contributed by atoms with Gasteiger partial charge in [-0.15, -0.1) is 0 Å². The molecular weight excluding hydrogens is 439 g/mol. The summed E-state index contributed by atoms with van der Waals surface area (Å²) in [5.41, 5.74) is 4.14. The second-order valence-electron chi connectivity index (χ2n) is 8.35. The molecule has 0 fully saturated rings. The van der Waals surface area contributed by atoms with E-state index >= 15 is 0 Å². The molecule has 32 heavy (non-hydrogen) atoms. The summed E-state index contributed by atoms with van der Waals surface area (Å²) in [7, 11) is 0. The molecule has 2 aromatic rings. The van der Waals surface area contributed by atoms with Gasteiger partial charge >= 0.3 is 18.0 Å². The molecule has 2 aromatic carbocycles. The number of carbonyl (C=O) groups is 1. The Morgan fingerprint density at radius 1 is 0.906 bits per heavy atom. The van der Waals surface area contributed by atoms with Gasteiger partial charge in [0.15, 0.2) is 0 Å². The second kappa shape index (κ2) is 7.49. The minimum absolute atomic E-state index is 0.132. The average Bonchev–Trinajstić information content (AvgIpc) is 2.76. The third-order valence-electron chi connectivity index (χ3n) is 6.66. The van der Waals surface area contributed by atoms with E-state index in [-0.39, 0.29) is 12.3 Å². The third kappa shape index (κ3) is 3.19. The molecule has 172 valence electrons. The average molecular weight is 459 g/mol. The lowest BCUT2D eigenvalue weighted by atomic mass is 9.54. The molecule has 5 rings (SSSR count). The van der Waals surface area contributed by atoms with Gasteiger partial charge in [0.2, 0.25) is 0 Å². The predicted molar refractivity (Wildman–Crippen MR) is 103 cm³/mol. The maximum absolute atomic E-state index is 13.5. The fourth-order valence-electron chi connectivity index (χ4n) is 5.18. The van der Waals surface area contributed by atoms with E-state index in [1.165, 1.54) is 11.1 Å². The van der Waals surface area contributed by atoms with Crippen molar-refractivity contribution in [2.45, 2.75) is 55.0 Å². The van der Waals surface area contributed by atoms with E-state index in [1.807, 2.05) is 48.5 Å². The summed E-state index contributed by atoms with van der Waals surface area (Å²) in [4.78, 5) is 11.5. The molecule has 0 spiro atoms. The SMILES string of the molecule is O=C(NCCCC12CCC(c3ccccc31)c1ccccc12)C(F)(F)C(F)(F)C(F)(F)F. The van der Waals surface area contributed by atoms with Gasteiger partial charge in [-0.3, -0.25) is 4.79 Å². The summed E-state index contributed by atoms with van der Waals surface area (Å²) in [5, 5.41) is 1.57. The van der Waals surface area contributed by atoms with Gasteiger partial charge in [0.05, 0.1) is 0 Å². The second-order valence-corrected chi connectivity index (χ2v) is 8.35. The molecule has 0 aromatic heterocycles. The highest BCUT2D eigenvalue weighted by molar-refractivity contribution is 5.84. The summed E-state index contributed by atoms with van der Waals surface area (Å²) in [6.07, 6.45) is -4.30. The third-order valence-corrected chi connectivity index (χ3v) is 6.66. The number of amides is 1. The maximum Gasteiger partial charge on any atom is 0.460 e. The number of benzene rings is 2. The molecule has 9 heteroatoms. The van der Waals surface area contributed by atoms with Crippen molar-refractivity contribution in [3.63, 3.8) is 0 Å². The summed E-state index contributed by atoms with van der Waals surface area (Å²) in [6.45, 7) is -0.447. The van der Waals surface area contributed by atoms with Crippen molar-refractivity contribution >= 4 is 5.91 Å². The van der Waals surface area contributed by atoms with Crippen LogP contribution in [0.2, 0.25) is 0 Å².